The lowest BCUT2D eigenvalue weighted by Crippen LogP contribution is -2.21. The number of hydrogen-bond acceptors (Lipinski definition) is 5. The van der Waals surface area contributed by atoms with Crippen molar-refractivity contribution in [3.8, 4) is 0 Å². The molecule has 0 radical (unpaired) electrons. The van der Waals surface area contributed by atoms with Crippen molar-refractivity contribution in [1.82, 2.24) is 0 Å². The molecule has 120 valence electrons. The Morgan fingerprint density at radius 2 is 1.74 bits per heavy atom. The van der Waals surface area contributed by atoms with E-state index >= 15 is 0 Å². The van der Waals surface area contributed by atoms with Crippen molar-refractivity contribution in [2.75, 3.05) is 18.0 Å². The Labute approximate surface area is 143 Å². The first-order valence-corrected chi connectivity index (χ1v) is 8.05. The SMILES string of the molecule is CCN(CC)c1ccc(N=Nc2ccc([N+](=O)[O-])cc2Br)cc1. The zero-order valence-corrected chi connectivity index (χ0v) is 14.5. The van der Waals surface area contributed by atoms with Crippen LogP contribution >= 0.6 is 15.9 Å². The molecular formula is C16H17BrN4O2. The summed E-state index contributed by atoms with van der Waals surface area (Å²) in [6.07, 6.45) is 0. The van der Waals surface area contributed by atoms with Crippen LogP contribution in [-0.2, 0) is 0 Å². The zero-order valence-electron chi connectivity index (χ0n) is 12.9. The fraction of sp³-hybridized carbons (Fsp3) is 0.250. The molecule has 0 fully saturated rings. The average molecular weight is 377 g/mol. The van der Waals surface area contributed by atoms with Crippen molar-refractivity contribution in [2.24, 2.45) is 10.2 Å². The summed E-state index contributed by atoms with van der Waals surface area (Å²) in [5.74, 6) is 0. The number of benzene rings is 2. The molecule has 0 bridgehead atoms. The Morgan fingerprint density at radius 3 is 2.26 bits per heavy atom. The van der Waals surface area contributed by atoms with E-state index in [1.54, 1.807) is 6.07 Å². The van der Waals surface area contributed by atoms with Gasteiger partial charge in [0, 0.05) is 30.9 Å². The van der Waals surface area contributed by atoms with Crippen LogP contribution in [0.25, 0.3) is 0 Å². The predicted molar refractivity (Wildman–Crippen MR) is 95.0 cm³/mol. The molecule has 2 aromatic carbocycles. The molecule has 0 aliphatic rings. The first-order valence-electron chi connectivity index (χ1n) is 7.25. The van der Waals surface area contributed by atoms with E-state index in [0.29, 0.717) is 10.2 Å². The van der Waals surface area contributed by atoms with Crippen molar-refractivity contribution in [3.05, 3.63) is 57.1 Å². The van der Waals surface area contributed by atoms with Gasteiger partial charge in [0.05, 0.1) is 15.1 Å². The lowest BCUT2D eigenvalue weighted by atomic mass is 10.2. The summed E-state index contributed by atoms with van der Waals surface area (Å²) < 4.78 is 0.537. The highest BCUT2D eigenvalue weighted by atomic mass is 79.9. The molecule has 0 heterocycles. The third kappa shape index (κ3) is 4.35. The van der Waals surface area contributed by atoms with Crippen LogP contribution in [0.2, 0.25) is 0 Å². The summed E-state index contributed by atoms with van der Waals surface area (Å²) in [6.45, 7) is 6.13. The van der Waals surface area contributed by atoms with E-state index in [1.165, 1.54) is 12.1 Å². The van der Waals surface area contributed by atoms with Gasteiger partial charge in [0.15, 0.2) is 0 Å². The number of hydrogen-bond donors (Lipinski definition) is 0. The lowest BCUT2D eigenvalue weighted by molar-refractivity contribution is -0.384. The predicted octanol–water partition coefficient (Wildman–Crippen LogP) is 5.62. The quantitative estimate of drug-likeness (QED) is 0.373. The summed E-state index contributed by atoms with van der Waals surface area (Å²) in [4.78, 5) is 12.5. The summed E-state index contributed by atoms with van der Waals surface area (Å²) in [6, 6.07) is 12.2. The van der Waals surface area contributed by atoms with Gasteiger partial charge >= 0.3 is 0 Å². The van der Waals surface area contributed by atoms with Crippen LogP contribution in [0.4, 0.5) is 22.7 Å². The van der Waals surface area contributed by atoms with Gasteiger partial charge in [-0.25, -0.2) is 0 Å². The standard InChI is InChI=1S/C16H17BrN4O2/c1-3-20(4-2)13-7-5-12(6-8-13)18-19-16-10-9-14(21(22)23)11-15(16)17/h5-11H,3-4H2,1-2H3. The summed E-state index contributed by atoms with van der Waals surface area (Å²) in [5, 5.41) is 19.0. The minimum absolute atomic E-state index is 0.0133. The van der Waals surface area contributed by atoms with Crippen LogP contribution in [0.1, 0.15) is 13.8 Å². The third-order valence-electron chi connectivity index (χ3n) is 3.39. The highest BCUT2D eigenvalue weighted by Gasteiger charge is 2.08. The van der Waals surface area contributed by atoms with E-state index in [-0.39, 0.29) is 5.69 Å². The molecule has 6 nitrogen and oxygen atoms in total. The molecule has 0 aliphatic heterocycles. The number of azo groups is 1. The van der Waals surface area contributed by atoms with Crippen molar-refractivity contribution in [1.29, 1.82) is 0 Å². The molecule has 0 amide bonds. The van der Waals surface area contributed by atoms with Crippen LogP contribution < -0.4 is 4.90 Å². The number of nitro groups is 1. The lowest BCUT2D eigenvalue weighted by Gasteiger charge is -2.20. The Bertz CT molecular complexity index is 713. The maximum absolute atomic E-state index is 10.7. The highest BCUT2D eigenvalue weighted by molar-refractivity contribution is 9.10. The maximum Gasteiger partial charge on any atom is 0.270 e. The summed E-state index contributed by atoms with van der Waals surface area (Å²) >= 11 is 3.27. The molecule has 0 atom stereocenters. The van der Waals surface area contributed by atoms with Crippen molar-refractivity contribution < 1.29 is 4.92 Å². The largest absolute Gasteiger partial charge is 0.372 e. The molecule has 0 N–H and O–H groups in total. The van der Waals surface area contributed by atoms with Crippen molar-refractivity contribution >= 4 is 38.7 Å². The Morgan fingerprint density at radius 1 is 1.09 bits per heavy atom. The van der Waals surface area contributed by atoms with E-state index in [9.17, 15) is 10.1 Å². The van der Waals surface area contributed by atoms with Crippen molar-refractivity contribution in [2.45, 2.75) is 13.8 Å². The molecule has 0 aromatic heterocycles. The monoisotopic (exact) mass is 376 g/mol. The number of halogens is 1. The molecule has 0 saturated heterocycles. The van der Waals surface area contributed by atoms with Gasteiger partial charge in [-0.1, -0.05) is 0 Å². The second-order valence-corrected chi connectivity index (χ2v) is 5.64. The van der Waals surface area contributed by atoms with Crippen LogP contribution in [0.15, 0.2) is 57.2 Å². The number of rotatable bonds is 6. The normalized spacial score (nSPS) is 10.9. The van der Waals surface area contributed by atoms with E-state index in [1.807, 2.05) is 24.3 Å². The Kier molecular flexibility index (Phi) is 5.81. The number of non-ortho nitro benzene ring substituents is 1. The van der Waals surface area contributed by atoms with Gasteiger partial charge in [-0.3, -0.25) is 10.1 Å². The minimum atomic E-state index is -0.447. The number of nitro benzene ring substituents is 1. The van der Waals surface area contributed by atoms with E-state index in [0.717, 1.165) is 24.5 Å². The van der Waals surface area contributed by atoms with Gasteiger partial charge in [0.2, 0.25) is 0 Å². The first-order chi connectivity index (χ1) is 11.0. The highest BCUT2D eigenvalue weighted by Crippen LogP contribution is 2.31. The van der Waals surface area contributed by atoms with E-state index in [2.05, 4.69) is 44.9 Å². The van der Waals surface area contributed by atoms with Crippen molar-refractivity contribution in [3.63, 3.8) is 0 Å². The van der Waals surface area contributed by atoms with Gasteiger partial charge in [-0.05, 0) is 60.1 Å². The fourth-order valence-corrected chi connectivity index (χ4v) is 2.57. The number of nitrogens with zero attached hydrogens (tertiary/aromatic N) is 4. The second kappa shape index (κ2) is 7.82. The van der Waals surface area contributed by atoms with Crippen LogP contribution in [0.5, 0.6) is 0 Å². The molecule has 23 heavy (non-hydrogen) atoms. The minimum Gasteiger partial charge on any atom is -0.372 e. The summed E-state index contributed by atoms with van der Waals surface area (Å²) in [5.41, 5.74) is 2.43. The molecule has 0 aliphatic carbocycles. The van der Waals surface area contributed by atoms with Gasteiger partial charge < -0.3 is 4.90 Å². The number of anilines is 1. The van der Waals surface area contributed by atoms with Crippen LogP contribution in [-0.4, -0.2) is 18.0 Å². The molecule has 0 saturated carbocycles. The first kappa shape index (κ1) is 17.1. The molecule has 0 spiro atoms. The smallest absolute Gasteiger partial charge is 0.270 e. The topological polar surface area (TPSA) is 71.1 Å². The van der Waals surface area contributed by atoms with Crippen LogP contribution in [0, 0.1) is 10.1 Å². The van der Waals surface area contributed by atoms with Gasteiger partial charge in [-0.2, -0.15) is 5.11 Å². The van der Waals surface area contributed by atoms with Gasteiger partial charge in [0.1, 0.15) is 5.69 Å². The Balaban J connectivity index is 2.15. The molecule has 7 heteroatoms. The third-order valence-corrected chi connectivity index (χ3v) is 4.03. The molecule has 2 aromatic rings. The second-order valence-electron chi connectivity index (χ2n) is 4.78. The molecule has 0 unspecified atom stereocenters. The fourth-order valence-electron chi connectivity index (χ4n) is 2.12. The van der Waals surface area contributed by atoms with E-state index in [4.69, 9.17) is 0 Å². The van der Waals surface area contributed by atoms with Gasteiger partial charge in [0.25, 0.3) is 5.69 Å². The van der Waals surface area contributed by atoms with E-state index < -0.39 is 4.92 Å². The molecule has 2 rings (SSSR count). The summed E-state index contributed by atoms with van der Waals surface area (Å²) in [7, 11) is 0. The van der Waals surface area contributed by atoms with Gasteiger partial charge in [-0.15, -0.1) is 5.11 Å². The Hall–Kier alpha value is -2.28. The average Bonchev–Trinajstić information content (AvgIpc) is 2.56. The maximum atomic E-state index is 10.7. The zero-order chi connectivity index (χ0) is 16.8. The molecular weight excluding hydrogens is 360 g/mol. The van der Waals surface area contributed by atoms with Crippen LogP contribution in [0.3, 0.4) is 0 Å².